The van der Waals surface area contributed by atoms with Crippen molar-refractivity contribution in [2.45, 2.75) is 45.4 Å². The van der Waals surface area contributed by atoms with Crippen LogP contribution in [0.5, 0.6) is 0 Å². The Labute approximate surface area is 82.0 Å². The Kier molecular flexibility index (Phi) is 4.26. The second-order valence-electron chi connectivity index (χ2n) is 4.13. The van der Waals surface area contributed by atoms with Crippen molar-refractivity contribution in [1.82, 2.24) is 5.01 Å². The van der Waals surface area contributed by atoms with Gasteiger partial charge >= 0.3 is 0 Å². The summed E-state index contributed by atoms with van der Waals surface area (Å²) >= 11 is 0. The molecule has 0 spiro atoms. The van der Waals surface area contributed by atoms with Crippen LogP contribution in [0.3, 0.4) is 0 Å². The quantitative estimate of drug-likeness (QED) is 0.484. The van der Waals surface area contributed by atoms with Crippen molar-refractivity contribution in [3.05, 3.63) is 0 Å². The molecule has 76 valence electrons. The molecule has 1 aliphatic rings. The predicted octanol–water partition coefficient (Wildman–Crippen LogP) is 2.89. The summed E-state index contributed by atoms with van der Waals surface area (Å²) < 4.78 is 0. The largest absolute Gasteiger partial charge is 0.303 e. The number of hydrogen-bond acceptors (Lipinski definition) is 2. The Morgan fingerprint density at radius 2 is 1.85 bits per heavy atom. The fraction of sp³-hybridized carbons (Fsp3) is 0.909. The van der Waals surface area contributed by atoms with Gasteiger partial charge in [0.1, 0.15) is 0 Å². The normalized spacial score (nSPS) is 20.4. The first-order valence-corrected chi connectivity index (χ1v) is 5.48. The second-order valence-corrected chi connectivity index (χ2v) is 4.13. The third-order valence-corrected chi connectivity index (χ3v) is 2.77. The highest BCUT2D eigenvalue weighted by Crippen LogP contribution is 2.26. The Morgan fingerprint density at radius 1 is 1.23 bits per heavy atom. The van der Waals surface area contributed by atoms with E-state index in [0.29, 0.717) is 0 Å². The van der Waals surface area contributed by atoms with Crippen LogP contribution in [-0.4, -0.2) is 24.8 Å². The van der Waals surface area contributed by atoms with Gasteiger partial charge in [-0.1, -0.05) is 26.2 Å². The number of hydrogen-bond donors (Lipinski definition) is 0. The Balaban J connectivity index is 2.53. The molecule has 0 atom stereocenters. The maximum Gasteiger partial charge on any atom is 0.0408 e. The van der Waals surface area contributed by atoms with Gasteiger partial charge in [0.25, 0.3) is 0 Å². The molecule has 0 unspecified atom stereocenters. The molecule has 0 bridgehead atoms. The minimum Gasteiger partial charge on any atom is -0.303 e. The molecule has 0 aromatic heterocycles. The zero-order valence-electron chi connectivity index (χ0n) is 9.21. The fourth-order valence-electron chi connectivity index (χ4n) is 2.13. The molecule has 0 aromatic rings. The summed E-state index contributed by atoms with van der Waals surface area (Å²) in [4.78, 5) is 0. The molecule has 0 N–H and O–H groups in total. The molecule has 1 rings (SSSR count). The maximum atomic E-state index is 4.57. The van der Waals surface area contributed by atoms with Crippen molar-refractivity contribution in [3.63, 3.8) is 0 Å². The lowest BCUT2D eigenvalue weighted by Gasteiger charge is -2.23. The Morgan fingerprint density at radius 3 is 2.31 bits per heavy atom. The average Bonchev–Trinajstić information content (AvgIpc) is 2.15. The van der Waals surface area contributed by atoms with Crippen molar-refractivity contribution in [1.29, 1.82) is 0 Å². The highest BCUT2D eigenvalue weighted by molar-refractivity contribution is 5.86. The summed E-state index contributed by atoms with van der Waals surface area (Å²) in [5, 5.41) is 6.51. The van der Waals surface area contributed by atoms with E-state index < -0.39 is 0 Å². The van der Waals surface area contributed by atoms with Crippen LogP contribution < -0.4 is 0 Å². The lowest BCUT2D eigenvalue weighted by atomic mass is 9.85. The van der Waals surface area contributed by atoms with E-state index in [1.54, 1.807) is 0 Å². The van der Waals surface area contributed by atoms with Crippen LogP contribution in [0, 0.1) is 5.92 Å². The van der Waals surface area contributed by atoms with Crippen LogP contribution >= 0.6 is 0 Å². The number of nitrogens with zero attached hydrogens (tertiary/aromatic N) is 2. The Hall–Kier alpha value is -0.530. The minimum absolute atomic E-state index is 0.779. The molecule has 0 saturated heterocycles. The Bertz CT molecular complexity index is 167. The smallest absolute Gasteiger partial charge is 0.0408 e. The van der Waals surface area contributed by atoms with E-state index in [-0.39, 0.29) is 0 Å². The molecule has 0 aromatic carbocycles. The van der Waals surface area contributed by atoms with E-state index in [9.17, 15) is 0 Å². The lowest BCUT2D eigenvalue weighted by Crippen LogP contribution is -2.20. The molecule has 13 heavy (non-hydrogen) atoms. The predicted molar refractivity (Wildman–Crippen MR) is 58.0 cm³/mol. The summed E-state index contributed by atoms with van der Waals surface area (Å²) in [5.74, 6) is 0.779. The molecule has 0 radical (unpaired) electrons. The van der Waals surface area contributed by atoms with Gasteiger partial charge in [-0.05, 0) is 25.2 Å². The lowest BCUT2D eigenvalue weighted by molar-refractivity contribution is 0.402. The van der Waals surface area contributed by atoms with Gasteiger partial charge < -0.3 is 5.01 Å². The van der Waals surface area contributed by atoms with Crippen LogP contribution in [0.15, 0.2) is 5.10 Å². The molecule has 2 nitrogen and oxygen atoms in total. The summed E-state index contributed by atoms with van der Waals surface area (Å²) in [6.07, 6.45) is 8.06. The average molecular weight is 182 g/mol. The van der Waals surface area contributed by atoms with Crippen molar-refractivity contribution in [2.75, 3.05) is 14.1 Å². The van der Waals surface area contributed by atoms with Gasteiger partial charge in [-0.25, -0.2) is 0 Å². The van der Waals surface area contributed by atoms with Gasteiger partial charge in [-0.15, -0.1) is 0 Å². The van der Waals surface area contributed by atoms with Crippen LogP contribution in [0.1, 0.15) is 45.4 Å². The third kappa shape index (κ3) is 3.37. The van der Waals surface area contributed by atoms with Gasteiger partial charge in [0, 0.05) is 19.8 Å². The summed E-state index contributed by atoms with van der Waals surface area (Å²) in [5.41, 5.74) is 1.41. The van der Waals surface area contributed by atoms with E-state index in [2.05, 4.69) is 12.0 Å². The highest BCUT2D eigenvalue weighted by Gasteiger charge is 2.17. The zero-order valence-corrected chi connectivity index (χ0v) is 9.21. The topological polar surface area (TPSA) is 15.6 Å². The molecule has 0 amide bonds. The van der Waals surface area contributed by atoms with Crippen molar-refractivity contribution in [3.8, 4) is 0 Å². The molecular weight excluding hydrogens is 160 g/mol. The maximum absolute atomic E-state index is 4.57. The summed E-state index contributed by atoms with van der Waals surface area (Å²) in [7, 11) is 4.02. The fourth-order valence-corrected chi connectivity index (χ4v) is 2.13. The van der Waals surface area contributed by atoms with Crippen LogP contribution in [0.4, 0.5) is 0 Å². The van der Waals surface area contributed by atoms with E-state index >= 15 is 0 Å². The summed E-state index contributed by atoms with van der Waals surface area (Å²) in [6.45, 7) is 2.22. The third-order valence-electron chi connectivity index (χ3n) is 2.77. The minimum atomic E-state index is 0.779. The van der Waals surface area contributed by atoms with Crippen molar-refractivity contribution < 1.29 is 0 Å². The molecule has 0 aliphatic heterocycles. The van der Waals surface area contributed by atoms with E-state index in [1.165, 1.54) is 37.8 Å². The standard InChI is InChI=1S/C11H22N2/c1-4-11(12-13(2)3)10-8-6-5-7-9-10/h10H,4-9H2,1-3H3/b12-11-. The molecular formula is C11H22N2. The second kappa shape index (κ2) is 5.25. The van der Waals surface area contributed by atoms with Crippen molar-refractivity contribution >= 4 is 5.71 Å². The first-order chi connectivity index (χ1) is 6.24. The molecule has 1 aliphatic carbocycles. The number of rotatable bonds is 3. The van der Waals surface area contributed by atoms with E-state index in [0.717, 1.165) is 12.3 Å². The van der Waals surface area contributed by atoms with Gasteiger partial charge in [0.2, 0.25) is 0 Å². The van der Waals surface area contributed by atoms with Crippen LogP contribution in [-0.2, 0) is 0 Å². The van der Waals surface area contributed by atoms with E-state index in [1.807, 2.05) is 19.1 Å². The van der Waals surface area contributed by atoms with Gasteiger partial charge in [0.05, 0.1) is 0 Å². The molecule has 0 heterocycles. The van der Waals surface area contributed by atoms with Crippen LogP contribution in [0.2, 0.25) is 0 Å². The highest BCUT2D eigenvalue weighted by atomic mass is 15.4. The van der Waals surface area contributed by atoms with E-state index in [4.69, 9.17) is 0 Å². The van der Waals surface area contributed by atoms with Gasteiger partial charge in [-0.2, -0.15) is 5.10 Å². The SMILES string of the molecule is CC/C(=N/N(C)C)C1CCCCC1. The zero-order chi connectivity index (χ0) is 9.68. The molecule has 1 fully saturated rings. The molecule has 2 heteroatoms. The first kappa shape index (κ1) is 10.6. The van der Waals surface area contributed by atoms with Gasteiger partial charge in [-0.3, -0.25) is 0 Å². The summed E-state index contributed by atoms with van der Waals surface area (Å²) in [6, 6.07) is 0. The molecule has 1 saturated carbocycles. The van der Waals surface area contributed by atoms with Crippen LogP contribution in [0.25, 0.3) is 0 Å². The monoisotopic (exact) mass is 182 g/mol. The van der Waals surface area contributed by atoms with Crippen molar-refractivity contribution in [2.24, 2.45) is 11.0 Å². The number of hydrazone groups is 1. The van der Waals surface area contributed by atoms with Gasteiger partial charge in [0.15, 0.2) is 0 Å². The first-order valence-electron chi connectivity index (χ1n) is 5.48.